The number of carboxylic acid groups (broad SMARTS) is 1. The second-order valence-electron chi connectivity index (χ2n) is 4.39. The second-order valence-corrected chi connectivity index (χ2v) is 4.39. The summed E-state index contributed by atoms with van der Waals surface area (Å²) >= 11 is 0. The maximum Gasteiger partial charge on any atom is 0.326 e. The molecule has 0 unspecified atom stereocenters. The molecule has 0 heterocycles. The monoisotopic (exact) mass is 253 g/mol. The fourth-order valence-electron chi connectivity index (χ4n) is 1.44. The predicted octanol–water partition coefficient (Wildman–Crippen LogP) is 1.59. The lowest BCUT2D eigenvalue weighted by molar-refractivity contribution is -0.142. The minimum atomic E-state index is -1.13. The minimum Gasteiger partial charge on any atom is -0.480 e. The number of rotatable bonds is 5. The van der Waals surface area contributed by atoms with Gasteiger partial charge in [0.15, 0.2) is 0 Å². The molecule has 98 valence electrons. The smallest absolute Gasteiger partial charge is 0.326 e. The van der Waals surface area contributed by atoms with Gasteiger partial charge in [0.1, 0.15) is 11.9 Å². The third-order valence-electron chi connectivity index (χ3n) is 2.47. The van der Waals surface area contributed by atoms with Gasteiger partial charge in [-0.25, -0.2) is 9.18 Å². The Hall–Kier alpha value is -1.91. The fourth-order valence-corrected chi connectivity index (χ4v) is 1.44. The minimum absolute atomic E-state index is 0.0611. The van der Waals surface area contributed by atoms with Crippen LogP contribution in [-0.2, 0) is 16.0 Å². The van der Waals surface area contributed by atoms with Gasteiger partial charge in [0.2, 0.25) is 5.91 Å². The summed E-state index contributed by atoms with van der Waals surface area (Å²) in [6.45, 7) is 3.35. The highest BCUT2D eigenvalue weighted by Gasteiger charge is 2.21. The van der Waals surface area contributed by atoms with Crippen molar-refractivity contribution in [3.8, 4) is 0 Å². The molecule has 0 bridgehead atoms. The van der Waals surface area contributed by atoms with Gasteiger partial charge in [-0.2, -0.15) is 0 Å². The van der Waals surface area contributed by atoms with E-state index >= 15 is 0 Å². The Morgan fingerprint density at radius 2 is 2.06 bits per heavy atom. The lowest BCUT2D eigenvalue weighted by Gasteiger charge is -2.16. The maximum absolute atomic E-state index is 13.0. The van der Waals surface area contributed by atoms with Crippen LogP contribution < -0.4 is 5.32 Å². The molecule has 0 saturated carbocycles. The van der Waals surface area contributed by atoms with E-state index in [0.29, 0.717) is 5.56 Å². The Kier molecular flexibility index (Phi) is 4.83. The molecular weight excluding hydrogens is 237 g/mol. The molecule has 0 aliphatic carbocycles. The van der Waals surface area contributed by atoms with Gasteiger partial charge in [0.05, 0.1) is 0 Å². The summed E-state index contributed by atoms with van der Waals surface area (Å²) in [5, 5.41) is 11.4. The Morgan fingerprint density at radius 1 is 1.39 bits per heavy atom. The number of hydrogen-bond donors (Lipinski definition) is 2. The van der Waals surface area contributed by atoms with Crippen LogP contribution >= 0.6 is 0 Å². The standard InChI is InChI=1S/C13H16FNO3/c1-8(2)12(16)15-11(13(17)18)7-9-4-3-5-10(14)6-9/h3-6,8,11H,7H2,1-2H3,(H,15,16)(H,17,18)/t11-/m0/s1. The molecule has 5 heteroatoms. The molecular formula is C13H16FNO3. The summed E-state index contributed by atoms with van der Waals surface area (Å²) in [7, 11) is 0. The molecule has 1 amide bonds. The van der Waals surface area contributed by atoms with Crippen molar-refractivity contribution >= 4 is 11.9 Å². The summed E-state index contributed by atoms with van der Waals surface area (Å²) in [4.78, 5) is 22.5. The van der Waals surface area contributed by atoms with Crippen molar-refractivity contribution in [1.82, 2.24) is 5.32 Å². The molecule has 2 N–H and O–H groups in total. The third kappa shape index (κ3) is 4.16. The van der Waals surface area contributed by atoms with Crippen molar-refractivity contribution in [1.29, 1.82) is 0 Å². The van der Waals surface area contributed by atoms with Gasteiger partial charge in [-0.3, -0.25) is 4.79 Å². The number of hydrogen-bond acceptors (Lipinski definition) is 2. The molecule has 1 aromatic carbocycles. The number of carbonyl (C=O) groups excluding carboxylic acids is 1. The lowest BCUT2D eigenvalue weighted by Crippen LogP contribution is -2.44. The van der Waals surface area contributed by atoms with Crippen LogP contribution in [0.15, 0.2) is 24.3 Å². The molecule has 0 aliphatic heterocycles. The number of amides is 1. The van der Waals surface area contributed by atoms with Crippen molar-refractivity contribution in [3.63, 3.8) is 0 Å². The van der Waals surface area contributed by atoms with Gasteiger partial charge < -0.3 is 10.4 Å². The van der Waals surface area contributed by atoms with Crippen LogP contribution in [0.5, 0.6) is 0 Å². The molecule has 0 spiro atoms. The quantitative estimate of drug-likeness (QED) is 0.837. The van der Waals surface area contributed by atoms with E-state index < -0.39 is 17.8 Å². The molecule has 0 fully saturated rings. The van der Waals surface area contributed by atoms with E-state index in [9.17, 15) is 14.0 Å². The van der Waals surface area contributed by atoms with Crippen LogP contribution in [-0.4, -0.2) is 23.0 Å². The van der Waals surface area contributed by atoms with E-state index in [0.717, 1.165) is 0 Å². The fraction of sp³-hybridized carbons (Fsp3) is 0.385. The van der Waals surface area contributed by atoms with Gasteiger partial charge in [-0.15, -0.1) is 0 Å². The summed E-state index contributed by atoms with van der Waals surface area (Å²) in [5.74, 6) is -2.18. The maximum atomic E-state index is 13.0. The first-order chi connectivity index (χ1) is 8.40. The normalized spacial score (nSPS) is 12.2. The number of nitrogens with one attached hydrogen (secondary N) is 1. The zero-order valence-corrected chi connectivity index (χ0v) is 10.3. The Morgan fingerprint density at radius 3 is 2.56 bits per heavy atom. The summed E-state index contributed by atoms with van der Waals surface area (Å²) in [6, 6.07) is 4.64. The van der Waals surface area contributed by atoms with Crippen molar-refractivity contribution in [2.24, 2.45) is 5.92 Å². The van der Waals surface area contributed by atoms with Crippen molar-refractivity contribution in [2.75, 3.05) is 0 Å². The molecule has 1 atom stereocenters. The van der Waals surface area contributed by atoms with Crippen LogP contribution in [0.1, 0.15) is 19.4 Å². The first kappa shape index (κ1) is 14.2. The van der Waals surface area contributed by atoms with Crippen LogP contribution in [0.2, 0.25) is 0 Å². The topological polar surface area (TPSA) is 66.4 Å². The summed E-state index contributed by atoms with van der Waals surface area (Å²) in [5.41, 5.74) is 0.534. The first-order valence-electron chi connectivity index (χ1n) is 5.67. The highest BCUT2D eigenvalue weighted by Crippen LogP contribution is 2.07. The molecule has 1 aromatic rings. The average Bonchev–Trinajstić information content (AvgIpc) is 2.27. The predicted molar refractivity (Wildman–Crippen MR) is 64.5 cm³/mol. The zero-order valence-electron chi connectivity index (χ0n) is 10.3. The second kappa shape index (κ2) is 6.14. The van der Waals surface area contributed by atoms with Crippen molar-refractivity contribution in [3.05, 3.63) is 35.6 Å². The van der Waals surface area contributed by atoms with Crippen molar-refractivity contribution in [2.45, 2.75) is 26.3 Å². The SMILES string of the molecule is CC(C)C(=O)N[C@@H](Cc1cccc(F)c1)C(=O)O. The zero-order chi connectivity index (χ0) is 13.7. The number of benzene rings is 1. The molecule has 0 radical (unpaired) electrons. The number of carbonyl (C=O) groups is 2. The van der Waals surface area contributed by atoms with E-state index in [1.54, 1.807) is 19.9 Å². The van der Waals surface area contributed by atoms with Gasteiger partial charge in [0, 0.05) is 12.3 Å². The van der Waals surface area contributed by atoms with Crippen LogP contribution in [0, 0.1) is 11.7 Å². The number of halogens is 1. The molecule has 18 heavy (non-hydrogen) atoms. The summed E-state index contributed by atoms with van der Waals surface area (Å²) in [6.07, 6.45) is 0.0611. The average molecular weight is 253 g/mol. The first-order valence-corrected chi connectivity index (χ1v) is 5.67. The Bertz CT molecular complexity index is 446. The molecule has 1 rings (SSSR count). The largest absolute Gasteiger partial charge is 0.480 e. The van der Waals surface area contributed by atoms with E-state index in [-0.39, 0.29) is 18.2 Å². The van der Waals surface area contributed by atoms with E-state index in [1.165, 1.54) is 18.2 Å². The molecule has 0 aromatic heterocycles. The molecule has 4 nitrogen and oxygen atoms in total. The Labute approximate surface area is 105 Å². The number of carboxylic acids is 1. The van der Waals surface area contributed by atoms with E-state index in [4.69, 9.17) is 5.11 Å². The highest BCUT2D eigenvalue weighted by molar-refractivity contribution is 5.84. The summed E-state index contributed by atoms with van der Waals surface area (Å²) < 4.78 is 13.0. The van der Waals surface area contributed by atoms with E-state index in [2.05, 4.69) is 5.32 Å². The van der Waals surface area contributed by atoms with Crippen LogP contribution in [0.3, 0.4) is 0 Å². The molecule has 0 saturated heterocycles. The van der Waals surface area contributed by atoms with Crippen LogP contribution in [0.4, 0.5) is 4.39 Å². The lowest BCUT2D eigenvalue weighted by atomic mass is 10.0. The molecule has 0 aliphatic rings. The van der Waals surface area contributed by atoms with Gasteiger partial charge in [0.25, 0.3) is 0 Å². The van der Waals surface area contributed by atoms with Gasteiger partial charge >= 0.3 is 5.97 Å². The Balaban J connectivity index is 2.75. The van der Waals surface area contributed by atoms with Crippen LogP contribution in [0.25, 0.3) is 0 Å². The third-order valence-corrected chi connectivity index (χ3v) is 2.47. The van der Waals surface area contributed by atoms with Gasteiger partial charge in [-0.05, 0) is 17.7 Å². The van der Waals surface area contributed by atoms with Crippen molar-refractivity contribution < 1.29 is 19.1 Å². The highest BCUT2D eigenvalue weighted by atomic mass is 19.1. The number of aliphatic carboxylic acids is 1. The van der Waals surface area contributed by atoms with Gasteiger partial charge in [-0.1, -0.05) is 26.0 Å². The van der Waals surface area contributed by atoms with E-state index in [1.807, 2.05) is 0 Å².